The number of rotatable bonds is 4. The summed E-state index contributed by atoms with van der Waals surface area (Å²) in [6, 6.07) is 14.0. The first-order valence-electron chi connectivity index (χ1n) is 6.01. The highest BCUT2D eigenvalue weighted by molar-refractivity contribution is 9.10. The van der Waals surface area contributed by atoms with Gasteiger partial charge in [0.05, 0.1) is 9.72 Å². The number of hydrogen-bond acceptors (Lipinski definition) is 4. The smallest absolute Gasteiger partial charge is 0.198 e. The first kappa shape index (κ1) is 13.8. The Balaban J connectivity index is 1.65. The average Bonchev–Trinajstić information content (AvgIpc) is 2.85. The number of hydrazine groups is 1. The second-order valence-electron chi connectivity index (χ2n) is 4.21. The highest BCUT2D eigenvalue weighted by Gasteiger charge is 2.05. The third kappa shape index (κ3) is 3.12. The summed E-state index contributed by atoms with van der Waals surface area (Å²) in [5.41, 5.74) is 8.30. The number of para-hydroxylation sites is 1. The number of anilines is 1. The molecule has 3 aromatic rings. The molecule has 0 fully saturated rings. The first-order chi connectivity index (χ1) is 9.72. The van der Waals surface area contributed by atoms with Crippen molar-refractivity contribution in [3.05, 3.63) is 57.5 Å². The summed E-state index contributed by atoms with van der Waals surface area (Å²) in [6.07, 6.45) is 0. The lowest BCUT2D eigenvalue weighted by Crippen LogP contribution is -2.20. The molecule has 1 heterocycles. The van der Waals surface area contributed by atoms with Crippen molar-refractivity contribution in [2.45, 2.75) is 6.54 Å². The van der Waals surface area contributed by atoms with Crippen molar-refractivity contribution in [1.82, 2.24) is 10.4 Å². The van der Waals surface area contributed by atoms with Gasteiger partial charge in [-0.2, -0.15) is 0 Å². The summed E-state index contributed by atoms with van der Waals surface area (Å²) in [5, 5.41) is 1.49. The van der Waals surface area contributed by atoms with Crippen molar-refractivity contribution in [2.24, 2.45) is 0 Å². The van der Waals surface area contributed by atoms with Crippen LogP contribution in [0.2, 0.25) is 5.02 Å². The molecule has 2 N–H and O–H groups in total. The molecule has 2 aromatic carbocycles. The highest BCUT2D eigenvalue weighted by atomic mass is 79.9. The zero-order valence-corrected chi connectivity index (χ0v) is 13.5. The molecular formula is C14H11BrClN3S. The predicted octanol–water partition coefficient (Wildman–Crippen LogP) is 4.83. The fraction of sp³-hybridized carbons (Fsp3) is 0.0714. The molecule has 0 unspecified atom stereocenters. The lowest BCUT2D eigenvalue weighted by Gasteiger charge is -2.05. The average molecular weight is 369 g/mol. The Kier molecular flexibility index (Phi) is 4.21. The lowest BCUT2D eigenvalue weighted by atomic mass is 10.2. The van der Waals surface area contributed by atoms with Gasteiger partial charge in [-0.05, 0) is 29.8 Å². The Hall–Kier alpha value is -1.14. The molecule has 102 valence electrons. The Morgan fingerprint density at radius 2 is 1.95 bits per heavy atom. The molecule has 3 nitrogen and oxygen atoms in total. The number of thiazole rings is 1. The molecule has 6 heteroatoms. The van der Waals surface area contributed by atoms with Crippen molar-refractivity contribution in [3.8, 4) is 0 Å². The van der Waals surface area contributed by atoms with Crippen molar-refractivity contribution >= 4 is 54.2 Å². The van der Waals surface area contributed by atoms with E-state index in [9.17, 15) is 0 Å². The minimum Gasteiger partial charge on any atom is -0.297 e. The van der Waals surface area contributed by atoms with Crippen LogP contribution in [0.4, 0.5) is 5.13 Å². The molecular weight excluding hydrogens is 358 g/mol. The van der Waals surface area contributed by atoms with Gasteiger partial charge in [-0.25, -0.2) is 10.4 Å². The van der Waals surface area contributed by atoms with Gasteiger partial charge in [0, 0.05) is 11.0 Å². The molecule has 0 saturated heterocycles. The molecule has 0 aliphatic rings. The molecule has 20 heavy (non-hydrogen) atoms. The summed E-state index contributed by atoms with van der Waals surface area (Å²) in [6.45, 7) is 0.719. The number of halogens is 2. The number of benzene rings is 2. The molecule has 0 amide bonds. The zero-order chi connectivity index (χ0) is 13.9. The molecule has 0 saturated carbocycles. The topological polar surface area (TPSA) is 37.0 Å². The molecule has 0 aliphatic carbocycles. The summed E-state index contributed by atoms with van der Waals surface area (Å²) >= 11 is 11.1. The van der Waals surface area contributed by atoms with Crippen molar-refractivity contribution < 1.29 is 0 Å². The minimum absolute atomic E-state index is 0.680. The Bertz CT molecular complexity index is 727. The monoisotopic (exact) mass is 367 g/mol. The fourth-order valence-electron chi connectivity index (χ4n) is 1.79. The molecule has 3 rings (SSSR count). The van der Waals surface area contributed by atoms with E-state index in [1.54, 1.807) is 11.3 Å². The van der Waals surface area contributed by atoms with E-state index in [1.807, 2.05) is 30.3 Å². The van der Waals surface area contributed by atoms with E-state index in [2.05, 4.69) is 43.9 Å². The van der Waals surface area contributed by atoms with Crippen LogP contribution in [0.25, 0.3) is 10.2 Å². The van der Waals surface area contributed by atoms with Crippen LogP contribution in [-0.4, -0.2) is 4.98 Å². The maximum atomic E-state index is 6.11. The van der Waals surface area contributed by atoms with E-state index in [0.29, 0.717) is 5.02 Å². The van der Waals surface area contributed by atoms with E-state index >= 15 is 0 Å². The number of nitrogens with one attached hydrogen (secondary N) is 2. The lowest BCUT2D eigenvalue weighted by molar-refractivity contribution is 0.800. The van der Waals surface area contributed by atoms with Crippen LogP contribution < -0.4 is 10.9 Å². The third-order valence-electron chi connectivity index (χ3n) is 2.77. The van der Waals surface area contributed by atoms with Gasteiger partial charge in [-0.3, -0.25) is 5.43 Å². The van der Waals surface area contributed by atoms with Gasteiger partial charge in [0.15, 0.2) is 5.13 Å². The van der Waals surface area contributed by atoms with Gasteiger partial charge < -0.3 is 0 Å². The van der Waals surface area contributed by atoms with Crippen LogP contribution in [-0.2, 0) is 6.54 Å². The van der Waals surface area contributed by atoms with Crippen LogP contribution in [0.15, 0.2) is 46.9 Å². The van der Waals surface area contributed by atoms with Crippen LogP contribution in [0.1, 0.15) is 5.56 Å². The van der Waals surface area contributed by atoms with E-state index in [1.165, 1.54) is 5.56 Å². The number of aromatic nitrogens is 1. The van der Waals surface area contributed by atoms with Crippen LogP contribution in [0, 0.1) is 0 Å². The summed E-state index contributed by atoms with van der Waals surface area (Å²) < 4.78 is 2.15. The SMILES string of the molecule is Clc1cccc2sc(NNCc3ccc(Br)cc3)nc12. The quantitative estimate of drug-likeness (QED) is 0.648. The van der Waals surface area contributed by atoms with Crippen molar-refractivity contribution in [2.75, 3.05) is 5.43 Å². The second kappa shape index (κ2) is 6.10. The van der Waals surface area contributed by atoms with Crippen molar-refractivity contribution in [3.63, 3.8) is 0 Å². The van der Waals surface area contributed by atoms with E-state index < -0.39 is 0 Å². The summed E-state index contributed by atoms with van der Waals surface area (Å²) in [4.78, 5) is 4.46. The van der Waals surface area contributed by atoms with E-state index in [0.717, 1.165) is 26.4 Å². The molecule has 0 bridgehead atoms. The van der Waals surface area contributed by atoms with Gasteiger partial charge >= 0.3 is 0 Å². The van der Waals surface area contributed by atoms with Gasteiger partial charge in [0.25, 0.3) is 0 Å². The molecule has 0 radical (unpaired) electrons. The highest BCUT2D eigenvalue weighted by Crippen LogP contribution is 2.30. The first-order valence-corrected chi connectivity index (χ1v) is 7.99. The van der Waals surface area contributed by atoms with E-state index in [-0.39, 0.29) is 0 Å². The summed E-state index contributed by atoms with van der Waals surface area (Å²) in [7, 11) is 0. The predicted molar refractivity (Wildman–Crippen MR) is 89.2 cm³/mol. The number of fused-ring (bicyclic) bond motifs is 1. The number of hydrogen-bond donors (Lipinski definition) is 2. The Labute approximate surface area is 134 Å². The normalized spacial score (nSPS) is 10.9. The minimum atomic E-state index is 0.680. The van der Waals surface area contributed by atoms with E-state index in [4.69, 9.17) is 11.6 Å². The molecule has 0 aliphatic heterocycles. The number of nitrogens with zero attached hydrogens (tertiary/aromatic N) is 1. The molecule has 0 atom stereocenters. The van der Waals surface area contributed by atoms with Gasteiger partial charge in [-0.15, -0.1) is 0 Å². The molecule has 0 spiro atoms. The third-order valence-corrected chi connectivity index (χ3v) is 4.54. The van der Waals surface area contributed by atoms with Gasteiger partial charge in [0.1, 0.15) is 5.52 Å². The van der Waals surface area contributed by atoms with Gasteiger partial charge in [0.2, 0.25) is 0 Å². The van der Waals surface area contributed by atoms with Crippen molar-refractivity contribution in [1.29, 1.82) is 0 Å². The summed E-state index contributed by atoms with van der Waals surface area (Å²) in [5.74, 6) is 0. The maximum absolute atomic E-state index is 6.11. The Morgan fingerprint density at radius 3 is 2.70 bits per heavy atom. The maximum Gasteiger partial charge on any atom is 0.198 e. The van der Waals surface area contributed by atoms with Crippen LogP contribution in [0.5, 0.6) is 0 Å². The fourth-order valence-corrected chi connectivity index (χ4v) is 3.20. The molecule has 1 aromatic heterocycles. The zero-order valence-electron chi connectivity index (χ0n) is 10.4. The second-order valence-corrected chi connectivity index (χ2v) is 6.56. The van der Waals surface area contributed by atoms with Crippen LogP contribution >= 0.6 is 38.9 Å². The van der Waals surface area contributed by atoms with Crippen LogP contribution in [0.3, 0.4) is 0 Å². The largest absolute Gasteiger partial charge is 0.297 e. The Morgan fingerprint density at radius 1 is 1.15 bits per heavy atom. The standard InChI is InChI=1S/C14H11BrClN3S/c15-10-6-4-9(5-7-10)8-17-19-14-18-13-11(16)2-1-3-12(13)20-14/h1-7,17H,8H2,(H,18,19). The van der Waals surface area contributed by atoms with Gasteiger partial charge in [-0.1, -0.05) is 57.1 Å².